The molecule has 0 radical (unpaired) electrons. The second kappa shape index (κ2) is 10.0. The molecule has 150 valence electrons. The van der Waals surface area contributed by atoms with Crippen LogP contribution in [-0.4, -0.2) is 31.7 Å². The van der Waals surface area contributed by atoms with E-state index in [9.17, 15) is 9.59 Å². The van der Waals surface area contributed by atoms with E-state index >= 15 is 0 Å². The lowest BCUT2D eigenvalue weighted by atomic mass is 10.2. The molecule has 0 saturated carbocycles. The maximum absolute atomic E-state index is 12.5. The minimum atomic E-state index is -1.07. The zero-order valence-corrected chi connectivity index (χ0v) is 18.4. The van der Waals surface area contributed by atoms with Crippen molar-refractivity contribution in [2.45, 2.75) is 20.0 Å². The van der Waals surface area contributed by atoms with Crippen LogP contribution in [0.3, 0.4) is 0 Å². The first kappa shape index (κ1) is 22.3. The summed E-state index contributed by atoms with van der Waals surface area (Å²) in [6.07, 6.45) is -1.07. The fourth-order valence-electron chi connectivity index (χ4n) is 2.26. The van der Waals surface area contributed by atoms with Gasteiger partial charge in [-0.3, -0.25) is 4.79 Å². The van der Waals surface area contributed by atoms with E-state index in [4.69, 9.17) is 37.4 Å². The molecular weight excluding hydrogens is 473 g/mol. The molecule has 0 aromatic heterocycles. The number of nitrogens with one attached hydrogen (secondary N) is 1. The van der Waals surface area contributed by atoms with Gasteiger partial charge in [0.05, 0.1) is 39.5 Å². The summed E-state index contributed by atoms with van der Waals surface area (Å²) < 4.78 is 16.5. The first-order valence-electron chi connectivity index (χ1n) is 8.24. The Morgan fingerprint density at radius 3 is 2.61 bits per heavy atom. The fraction of sp³-hybridized carbons (Fsp3) is 0.263. The SMILES string of the molecule is CCOc1cc(C(=O)OC(C)C(=O)Nc2cccc(Cl)c2Cl)cc(Br)c1OC. The largest absolute Gasteiger partial charge is 0.492 e. The van der Waals surface area contributed by atoms with E-state index < -0.39 is 18.0 Å². The maximum atomic E-state index is 12.5. The van der Waals surface area contributed by atoms with Gasteiger partial charge in [-0.2, -0.15) is 0 Å². The summed E-state index contributed by atoms with van der Waals surface area (Å²) >= 11 is 15.3. The van der Waals surface area contributed by atoms with Crippen molar-refractivity contribution in [3.8, 4) is 11.5 Å². The molecule has 1 atom stereocenters. The zero-order chi connectivity index (χ0) is 20.8. The third kappa shape index (κ3) is 5.31. The van der Waals surface area contributed by atoms with Crippen LogP contribution in [0.15, 0.2) is 34.8 Å². The normalized spacial score (nSPS) is 11.5. The van der Waals surface area contributed by atoms with Gasteiger partial charge in [0.15, 0.2) is 17.6 Å². The van der Waals surface area contributed by atoms with Crippen LogP contribution in [0, 0.1) is 0 Å². The predicted molar refractivity (Wildman–Crippen MR) is 112 cm³/mol. The Morgan fingerprint density at radius 1 is 1.25 bits per heavy atom. The Bertz CT molecular complexity index is 891. The van der Waals surface area contributed by atoms with E-state index in [2.05, 4.69) is 21.2 Å². The number of amides is 1. The Balaban J connectivity index is 2.13. The number of hydrogen-bond acceptors (Lipinski definition) is 5. The first-order valence-corrected chi connectivity index (χ1v) is 9.79. The molecule has 0 aliphatic rings. The number of hydrogen-bond donors (Lipinski definition) is 1. The minimum absolute atomic E-state index is 0.205. The highest BCUT2D eigenvalue weighted by molar-refractivity contribution is 9.10. The minimum Gasteiger partial charge on any atom is -0.492 e. The Labute approximate surface area is 181 Å². The molecule has 1 amide bonds. The van der Waals surface area contributed by atoms with Crippen molar-refractivity contribution in [3.63, 3.8) is 0 Å². The second-order valence-electron chi connectivity index (χ2n) is 5.56. The van der Waals surface area contributed by atoms with E-state index in [1.54, 1.807) is 18.2 Å². The summed E-state index contributed by atoms with van der Waals surface area (Å²) in [5, 5.41) is 3.09. The van der Waals surface area contributed by atoms with Crippen LogP contribution in [-0.2, 0) is 9.53 Å². The molecule has 0 heterocycles. The monoisotopic (exact) mass is 489 g/mol. The maximum Gasteiger partial charge on any atom is 0.339 e. The van der Waals surface area contributed by atoms with Gasteiger partial charge in [0, 0.05) is 0 Å². The van der Waals surface area contributed by atoms with Gasteiger partial charge in [-0.1, -0.05) is 29.3 Å². The van der Waals surface area contributed by atoms with E-state index in [0.717, 1.165) is 0 Å². The number of benzene rings is 2. The Kier molecular flexibility index (Phi) is 7.98. The van der Waals surface area contributed by atoms with Gasteiger partial charge in [0.1, 0.15) is 0 Å². The number of carbonyl (C=O) groups excluding carboxylic acids is 2. The van der Waals surface area contributed by atoms with Crippen molar-refractivity contribution in [2.24, 2.45) is 0 Å². The molecule has 2 aromatic rings. The van der Waals surface area contributed by atoms with Crippen LogP contribution < -0.4 is 14.8 Å². The molecule has 6 nitrogen and oxygen atoms in total. The van der Waals surface area contributed by atoms with E-state index in [1.807, 2.05) is 6.92 Å². The van der Waals surface area contributed by atoms with Gasteiger partial charge < -0.3 is 19.5 Å². The molecule has 0 fully saturated rings. The van der Waals surface area contributed by atoms with Crippen LogP contribution in [0.5, 0.6) is 11.5 Å². The molecular formula is C19H18BrCl2NO5. The molecule has 0 saturated heterocycles. The fourth-order valence-corrected chi connectivity index (χ4v) is 3.22. The zero-order valence-electron chi connectivity index (χ0n) is 15.3. The molecule has 28 heavy (non-hydrogen) atoms. The number of ether oxygens (including phenoxy) is 3. The highest BCUT2D eigenvalue weighted by Crippen LogP contribution is 2.37. The van der Waals surface area contributed by atoms with Crippen LogP contribution in [0.1, 0.15) is 24.2 Å². The molecule has 0 bridgehead atoms. The van der Waals surface area contributed by atoms with Crippen molar-refractivity contribution in [1.82, 2.24) is 0 Å². The first-order chi connectivity index (χ1) is 13.3. The molecule has 1 unspecified atom stereocenters. The van der Waals surface area contributed by atoms with Crippen molar-refractivity contribution in [2.75, 3.05) is 19.0 Å². The topological polar surface area (TPSA) is 73.9 Å². The third-order valence-corrected chi connectivity index (χ3v) is 5.02. The molecule has 1 N–H and O–H groups in total. The summed E-state index contributed by atoms with van der Waals surface area (Å²) in [5.74, 6) is -0.395. The number of esters is 1. The Hall–Kier alpha value is -1.96. The standard InChI is InChI=1S/C19H18BrCl2NO5/c1-4-27-15-9-11(8-12(20)17(15)26-3)19(25)28-10(2)18(24)23-14-7-5-6-13(21)16(14)22/h5-10H,4H2,1-3H3,(H,23,24). The summed E-state index contributed by atoms with van der Waals surface area (Å²) in [6, 6.07) is 7.86. The average molecular weight is 491 g/mol. The number of methoxy groups -OCH3 is 1. The number of carbonyl (C=O) groups is 2. The summed E-state index contributed by atoms with van der Waals surface area (Å²) in [7, 11) is 1.49. The smallest absolute Gasteiger partial charge is 0.339 e. The van der Waals surface area contributed by atoms with Crippen molar-refractivity contribution < 1.29 is 23.8 Å². The van der Waals surface area contributed by atoms with E-state index in [0.29, 0.717) is 33.3 Å². The highest BCUT2D eigenvalue weighted by Gasteiger charge is 2.22. The highest BCUT2D eigenvalue weighted by atomic mass is 79.9. The van der Waals surface area contributed by atoms with Gasteiger partial charge in [-0.15, -0.1) is 0 Å². The predicted octanol–water partition coefficient (Wildman–Crippen LogP) is 5.35. The summed E-state index contributed by atoms with van der Waals surface area (Å²) in [6.45, 7) is 3.65. The van der Waals surface area contributed by atoms with Gasteiger partial charge in [-0.05, 0) is 54.0 Å². The third-order valence-electron chi connectivity index (χ3n) is 3.61. The molecule has 0 spiro atoms. The average Bonchev–Trinajstić information content (AvgIpc) is 2.65. The molecule has 0 aliphatic heterocycles. The Morgan fingerprint density at radius 2 is 1.96 bits per heavy atom. The van der Waals surface area contributed by atoms with Gasteiger partial charge in [0.2, 0.25) is 0 Å². The lowest BCUT2D eigenvalue weighted by Crippen LogP contribution is -2.30. The van der Waals surface area contributed by atoms with Crippen LogP contribution >= 0.6 is 39.1 Å². The lowest BCUT2D eigenvalue weighted by Gasteiger charge is -2.16. The van der Waals surface area contributed by atoms with Crippen molar-refractivity contribution >= 4 is 56.7 Å². The molecule has 2 rings (SSSR count). The lowest BCUT2D eigenvalue weighted by molar-refractivity contribution is -0.123. The van der Waals surface area contributed by atoms with Crippen molar-refractivity contribution in [3.05, 3.63) is 50.4 Å². The van der Waals surface area contributed by atoms with Crippen LogP contribution in [0.4, 0.5) is 5.69 Å². The second-order valence-corrected chi connectivity index (χ2v) is 7.20. The van der Waals surface area contributed by atoms with Gasteiger partial charge >= 0.3 is 5.97 Å². The summed E-state index contributed by atoms with van der Waals surface area (Å²) in [4.78, 5) is 24.8. The number of anilines is 1. The molecule has 0 aliphatic carbocycles. The summed E-state index contributed by atoms with van der Waals surface area (Å²) in [5.41, 5.74) is 0.532. The van der Waals surface area contributed by atoms with E-state index in [1.165, 1.54) is 26.2 Å². The van der Waals surface area contributed by atoms with Crippen molar-refractivity contribution in [1.29, 1.82) is 0 Å². The van der Waals surface area contributed by atoms with Crippen LogP contribution in [0.25, 0.3) is 0 Å². The molecule has 9 heteroatoms. The van der Waals surface area contributed by atoms with Crippen LogP contribution in [0.2, 0.25) is 10.0 Å². The number of rotatable bonds is 7. The van der Waals surface area contributed by atoms with Gasteiger partial charge in [0.25, 0.3) is 5.91 Å². The molecule has 2 aromatic carbocycles. The number of halogens is 3. The van der Waals surface area contributed by atoms with E-state index in [-0.39, 0.29) is 10.6 Å². The van der Waals surface area contributed by atoms with Gasteiger partial charge in [-0.25, -0.2) is 4.79 Å². The quantitative estimate of drug-likeness (QED) is 0.529.